The Balaban J connectivity index is 3.10. The number of nitriles is 1. The van der Waals surface area contributed by atoms with E-state index in [2.05, 4.69) is 33.2 Å². The van der Waals surface area contributed by atoms with Crippen LogP contribution in [0.1, 0.15) is 19.4 Å². The summed E-state index contributed by atoms with van der Waals surface area (Å²) >= 11 is 3.35. The molecule has 1 rings (SSSR count). The smallest absolute Gasteiger partial charge is 0.101 e. The van der Waals surface area contributed by atoms with E-state index >= 15 is 0 Å². The number of anilines is 1. The molecule has 0 atom stereocenters. The van der Waals surface area contributed by atoms with Crippen molar-refractivity contribution < 1.29 is 0 Å². The molecule has 0 fully saturated rings. The topological polar surface area (TPSA) is 35.8 Å². The van der Waals surface area contributed by atoms with Gasteiger partial charge >= 0.3 is 0 Å². The highest BCUT2D eigenvalue weighted by Gasteiger charge is 2.15. The molecule has 1 aromatic carbocycles. The number of nitrogens with zero attached hydrogens (tertiary/aromatic N) is 1. The van der Waals surface area contributed by atoms with Gasteiger partial charge in [-0.3, -0.25) is 0 Å². The van der Waals surface area contributed by atoms with Gasteiger partial charge < -0.3 is 5.32 Å². The minimum absolute atomic E-state index is 0.466. The first-order chi connectivity index (χ1) is 6.98. The first-order valence-electron chi connectivity index (χ1n) is 4.44. The Bertz CT molecular complexity index is 450. The van der Waals surface area contributed by atoms with Gasteiger partial charge in [0.25, 0.3) is 0 Å². The third-order valence-corrected chi connectivity index (χ3v) is 2.40. The molecule has 0 saturated carbocycles. The average molecular weight is 263 g/mol. The second kappa shape index (κ2) is 4.38. The summed E-state index contributed by atoms with van der Waals surface area (Å²) in [7, 11) is 0. The van der Waals surface area contributed by atoms with Crippen molar-refractivity contribution in [2.75, 3.05) is 5.32 Å². The Morgan fingerprint density at radius 1 is 1.47 bits per heavy atom. The fraction of sp³-hybridized carbons (Fsp3) is 0.250. The van der Waals surface area contributed by atoms with Gasteiger partial charge in [-0.25, -0.2) is 0 Å². The van der Waals surface area contributed by atoms with Crippen LogP contribution >= 0.6 is 15.9 Å². The van der Waals surface area contributed by atoms with Gasteiger partial charge in [0.05, 0.1) is 16.8 Å². The molecule has 2 nitrogen and oxygen atoms in total. The van der Waals surface area contributed by atoms with Gasteiger partial charge in [0.15, 0.2) is 0 Å². The van der Waals surface area contributed by atoms with Crippen LogP contribution in [0.4, 0.5) is 5.69 Å². The first kappa shape index (κ1) is 11.6. The SMILES string of the molecule is C#CC(C)(C)Nc1cc(Br)ccc1C#N. The van der Waals surface area contributed by atoms with E-state index in [0.717, 1.165) is 10.2 Å². The zero-order valence-corrected chi connectivity index (χ0v) is 10.2. The number of terminal acetylenes is 1. The van der Waals surface area contributed by atoms with Gasteiger partial charge in [0, 0.05) is 4.47 Å². The summed E-state index contributed by atoms with van der Waals surface area (Å²) in [6.45, 7) is 3.77. The maximum atomic E-state index is 8.92. The number of halogens is 1. The van der Waals surface area contributed by atoms with Crippen molar-refractivity contribution in [3.8, 4) is 18.4 Å². The molecule has 15 heavy (non-hydrogen) atoms. The van der Waals surface area contributed by atoms with Crippen molar-refractivity contribution in [1.82, 2.24) is 0 Å². The molecule has 0 heterocycles. The van der Waals surface area contributed by atoms with Gasteiger partial charge in [-0.15, -0.1) is 6.42 Å². The molecule has 0 aliphatic heterocycles. The summed E-state index contributed by atoms with van der Waals surface area (Å²) in [5.41, 5.74) is 0.864. The number of benzene rings is 1. The highest BCUT2D eigenvalue weighted by molar-refractivity contribution is 9.10. The molecule has 76 valence electrons. The lowest BCUT2D eigenvalue weighted by Crippen LogP contribution is -2.28. The third kappa shape index (κ3) is 3.01. The van der Waals surface area contributed by atoms with Crippen molar-refractivity contribution in [3.05, 3.63) is 28.2 Å². The van der Waals surface area contributed by atoms with E-state index in [4.69, 9.17) is 11.7 Å². The molecule has 1 aromatic rings. The number of rotatable bonds is 2. The summed E-state index contributed by atoms with van der Waals surface area (Å²) in [6.07, 6.45) is 5.38. The second-order valence-corrected chi connectivity index (χ2v) is 4.61. The van der Waals surface area contributed by atoms with E-state index in [9.17, 15) is 0 Å². The summed E-state index contributed by atoms with van der Waals surface area (Å²) in [6, 6.07) is 7.54. The molecular formula is C12H11BrN2. The molecule has 0 unspecified atom stereocenters. The summed E-state index contributed by atoms with van der Waals surface area (Å²) in [5, 5.41) is 12.1. The Kier molecular flexibility index (Phi) is 3.39. The molecular weight excluding hydrogens is 252 g/mol. The predicted molar refractivity (Wildman–Crippen MR) is 65.4 cm³/mol. The third-order valence-electron chi connectivity index (χ3n) is 1.91. The van der Waals surface area contributed by atoms with Crippen LogP contribution in [-0.4, -0.2) is 5.54 Å². The molecule has 0 aliphatic carbocycles. The van der Waals surface area contributed by atoms with Crippen LogP contribution in [-0.2, 0) is 0 Å². The van der Waals surface area contributed by atoms with Gasteiger partial charge in [-0.05, 0) is 32.0 Å². The Morgan fingerprint density at radius 2 is 2.13 bits per heavy atom. The average Bonchev–Trinajstić information content (AvgIpc) is 2.18. The van der Waals surface area contributed by atoms with Crippen LogP contribution in [0.5, 0.6) is 0 Å². The molecule has 1 N–H and O–H groups in total. The summed E-state index contributed by atoms with van der Waals surface area (Å²) in [4.78, 5) is 0. The van der Waals surface area contributed by atoms with Crippen LogP contribution in [0, 0.1) is 23.7 Å². The van der Waals surface area contributed by atoms with E-state index in [-0.39, 0.29) is 0 Å². The van der Waals surface area contributed by atoms with E-state index in [0.29, 0.717) is 5.56 Å². The van der Waals surface area contributed by atoms with Crippen LogP contribution in [0.15, 0.2) is 22.7 Å². The second-order valence-electron chi connectivity index (χ2n) is 3.70. The quantitative estimate of drug-likeness (QED) is 0.832. The Morgan fingerprint density at radius 3 is 2.67 bits per heavy atom. The fourth-order valence-corrected chi connectivity index (χ4v) is 1.45. The summed E-state index contributed by atoms with van der Waals surface area (Å²) < 4.78 is 0.914. The van der Waals surface area contributed by atoms with Crippen LogP contribution in [0.25, 0.3) is 0 Å². The van der Waals surface area contributed by atoms with Gasteiger partial charge in [0.2, 0.25) is 0 Å². The normalized spacial score (nSPS) is 10.2. The summed E-state index contributed by atoms with van der Waals surface area (Å²) in [5.74, 6) is 2.62. The lowest BCUT2D eigenvalue weighted by Gasteiger charge is -2.21. The van der Waals surface area contributed by atoms with E-state index in [1.807, 2.05) is 26.0 Å². The molecule has 0 aromatic heterocycles. The highest BCUT2D eigenvalue weighted by atomic mass is 79.9. The molecule has 0 bridgehead atoms. The van der Waals surface area contributed by atoms with Gasteiger partial charge in [-0.1, -0.05) is 21.9 Å². The lowest BCUT2D eigenvalue weighted by atomic mass is 10.1. The van der Waals surface area contributed by atoms with Crippen molar-refractivity contribution in [2.24, 2.45) is 0 Å². The monoisotopic (exact) mass is 262 g/mol. The highest BCUT2D eigenvalue weighted by Crippen LogP contribution is 2.23. The number of hydrogen-bond acceptors (Lipinski definition) is 2. The molecule has 0 saturated heterocycles. The standard InChI is InChI=1S/C12H11BrN2/c1-4-12(2,3)15-11-7-10(13)6-5-9(11)8-14/h1,5-7,15H,2-3H3. The van der Waals surface area contributed by atoms with Crippen molar-refractivity contribution in [1.29, 1.82) is 5.26 Å². The van der Waals surface area contributed by atoms with Crippen LogP contribution < -0.4 is 5.32 Å². The fourth-order valence-electron chi connectivity index (χ4n) is 1.09. The number of nitrogens with one attached hydrogen (secondary N) is 1. The largest absolute Gasteiger partial charge is 0.368 e. The molecule has 0 spiro atoms. The molecule has 0 aliphatic rings. The lowest BCUT2D eigenvalue weighted by molar-refractivity contribution is 0.741. The van der Waals surface area contributed by atoms with Crippen molar-refractivity contribution >= 4 is 21.6 Å². The van der Waals surface area contributed by atoms with Gasteiger partial charge in [0.1, 0.15) is 6.07 Å². The minimum Gasteiger partial charge on any atom is -0.368 e. The van der Waals surface area contributed by atoms with Crippen molar-refractivity contribution in [3.63, 3.8) is 0 Å². The van der Waals surface area contributed by atoms with Crippen LogP contribution in [0.3, 0.4) is 0 Å². The van der Waals surface area contributed by atoms with E-state index in [1.54, 1.807) is 6.07 Å². The molecule has 0 amide bonds. The van der Waals surface area contributed by atoms with E-state index < -0.39 is 5.54 Å². The van der Waals surface area contributed by atoms with Crippen LogP contribution in [0.2, 0.25) is 0 Å². The number of hydrogen-bond donors (Lipinski definition) is 1. The van der Waals surface area contributed by atoms with Crippen molar-refractivity contribution in [2.45, 2.75) is 19.4 Å². The Hall–Kier alpha value is -1.45. The first-order valence-corrected chi connectivity index (χ1v) is 5.23. The maximum absolute atomic E-state index is 8.92. The zero-order chi connectivity index (χ0) is 11.5. The Labute approximate surface area is 98.4 Å². The molecule has 0 radical (unpaired) electrons. The molecule has 3 heteroatoms. The maximum Gasteiger partial charge on any atom is 0.101 e. The predicted octanol–water partition coefficient (Wildman–Crippen LogP) is 3.14. The zero-order valence-electron chi connectivity index (χ0n) is 8.63. The minimum atomic E-state index is -0.466. The van der Waals surface area contributed by atoms with Gasteiger partial charge in [-0.2, -0.15) is 5.26 Å². The van der Waals surface area contributed by atoms with E-state index in [1.165, 1.54) is 0 Å².